The number of carbonyl (C=O) groups excluding carboxylic acids is 1. The number of hydrogen-bond donors (Lipinski definition) is 0. The van der Waals surface area contributed by atoms with E-state index in [-0.39, 0.29) is 5.78 Å². The molecule has 0 aromatic heterocycles. The predicted octanol–water partition coefficient (Wildman–Crippen LogP) is 3.96. The van der Waals surface area contributed by atoms with Crippen LogP contribution in [0.1, 0.15) is 31.2 Å². The van der Waals surface area contributed by atoms with Gasteiger partial charge in [-0.1, -0.05) is 17.2 Å². The van der Waals surface area contributed by atoms with Crippen LogP contribution in [0.3, 0.4) is 0 Å². The Morgan fingerprint density at radius 3 is 2.83 bits per heavy atom. The zero-order valence-electron chi connectivity index (χ0n) is 10.5. The monoisotopic (exact) mass is 264 g/mol. The second-order valence-corrected chi connectivity index (χ2v) is 5.05. The van der Waals surface area contributed by atoms with Crippen LogP contribution in [0.25, 0.3) is 0 Å². The summed E-state index contributed by atoms with van der Waals surface area (Å²) in [6, 6.07) is 5.60. The smallest absolute Gasteiger partial charge is 0.155 e. The van der Waals surface area contributed by atoms with Crippen LogP contribution in [-0.4, -0.2) is 12.9 Å². The van der Waals surface area contributed by atoms with Gasteiger partial charge in [0.1, 0.15) is 5.75 Å². The van der Waals surface area contributed by atoms with Gasteiger partial charge in [0.15, 0.2) is 5.78 Å². The minimum Gasteiger partial charge on any atom is -0.496 e. The standard InChI is InChI=1S/C15H17ClO2/c1-18-15-7-6-13(16)10-12(15)8-11-4-2-3-5-14(17)9-11/h6-7,9-10H,2-5,8H2,1H3. The largest absolute Gasteiger partial charge is 0.496 e. The SMILES string of the molecule is COc1ccc(Cl)cc1CC1=CC(=O)CCCC1. The van der Waals surface area contributed by atoms with Crippen molar-refractivity contribution in [1.29, 1.82) is 0 Å². The molecule has 3 heteroatoms. The summed E-state index contributed by atoms with van der Waals surface area (Å²) in [5, 5.41) is 0.700. The Balaban J connectivity index is 2.22. The van der Waals surface area contributed by atoms with Gasteiger partial charge in [0.05, 0.1) is 7.11 Å². The maximum absolute atomic E-state index is 11.6. The number of halogens is 1. The molecule has 1 aromatic carbocycles. The quantitative estimate of drug-likeness (QED) is 0.826. The third-order valence-corrected chi connectivity index (χ3v) is 3.43. The van der Waals surface area contributed by atoms with Gasteiger partial charge in [-0.05, 0) is 55.5 Å². The number of ether oxygens (including phenoxy) is 1. The molecule has 0 saturated carbocycles. The molecule has 0 fully saturated rings. The first kappa shape index (κ1) is 13.2. The second-order valence-electron chi connectivity index (χ2n) is 4.61. The molecule has 0 amide bonds. The molecule has 1 aromatic rings. The Kier molecular flexibility index (Phi) is 4.43. The van der Waals surface area contributed by atoms with Crippen LogP contribution >= 0.6 is 11.6 Å². The Morgan fingerprint density at radius 1 is 1.28 bits per heavy atom. The molecule has 0 aliphatic heterocycles. The molecule has 0 unspecified atom stereocenters. The predicted molar refractivity (Wildman–Crippen MR) is 73.3 cm³/mol. The van der Waals surface area contributed by atoms with Crippen LogP contribution in [-0.2, 0) is 11.2 Å². The average molecular weight is 265 g/mol. The zero-order chi connectivity index (χ0) is 13.0. The number of benzene rings is 1. The van der Waals surface area contributed by atoms with Crippen molar-refractivity contribution in [3.05, 3.63) is 40.4 Å². The van der Waals surface area contributed by atoms with E-state index in [0.29, 0.717) is 11.4 Å². The molecule has 2 nitrogen and oxygen atoms in total. The lowest BCUT2D eigenvalue weighted by molar-refractivity contribution is -0.114. The van der Waals surface area contributed by atoms with Crippen molar-refractivity contribution < 1.29 is 9.53 Å². The summed E-state index contributed by atoms with van der Waals surface area (Å²) in [5.41, 5.74) is 2.23. The number of methoxy groups -OCH3 is 1. The molecule has 1 aliphatic carbocycles. The zero-order valence-corrected chi connectivity index (χ0v) is 11.3. The van der Waals surface area contributed by atoms with Crippen molar-refractivity contribution in [3.8, 4) is 5.75 Å². The average Bonchev–Trinajstić information content (AvgIpc) is 2.54. The van der Waals surface area contributed by atoms with Crippen LogP contribution < -0.4 is 4.74 Å². The minimum atomic E-state index is 0.239. The van der Waals surface area contributed by atoms with E-state index in [9.17, 15) is 4.79 Å². The summed E-state index contributed by atoms with van der Waals surface area (Å²) < 4.78 is 5.33. The highest BCUT2D eigenvalue weighted by molar-refractivity contribution is 6.30. The van der Waals surface area contributed by atoms with Gasteiger partial charge in [-0.2, -0.15) is 0 Å². The van der Waals surface area contributed by atoms with E-state index in [1.807, 2.05) is 18.2 Å². The Labute approximate surface area is 113 Å². The number of rotatable bonds is 3. The maximum Gasteiger partial charge on any atom is 0.155 e. The van der Waals surface area contributed by atoms with Crippen LogP contribution in [0, 0.1) is 0 Å². The molecule has 0 bridgehead atoms. The molecule has 2 rings (SSSR count). The lowest BCUT2D eigenvalue weighted by Gasteiger charge is -2.10. The van der Waals surface area contributed by atoms with Crippen molar-refractivity contribution in [2.24, 2.45) is 0 Å². The van der Waals surface area contributed by atoms with Crippen LogP contribution in [0.15, 0.2) is 29.8 Å². The van der Waals surface area contributed by atoms with Gasteiger partial charge < -0.3 is 4.74 Å². The van der Waals surface area contributed by atoms with E-state index in [2.05, 4.69) is 0 Å². The topological polar surface area (TPSA) is 26.3 Å². The highest BCUT2D eigenvalue weighted by Gasteiger charge is 2.11. The number of carbonyl (C=O) groups is 1. The van der Waals surface area contributed by atoms with E-state index in [1.165, 1.54) is 5.57 Å². The third kappa shape index (κ3) is 3.36. The molecule has 0 atom stereocenters. The molecule has 0 heterocycles. The summed E-state index contributed by atoms with van der Waals surface area (Å²) in [6.07, 6.45) is 6.28. The van der Waals surface area contributed by atoms with Crippen molar-refractivity contribution in [3.63, 3.8) is 0 Å². The van der Waals surface area contributed by atoms with Gasteiger partial charge in [0.2, 0.25) is 0 Å². The van der Waals surface area contributed by atoms with Crippen LogP contribution in [0.4, 0.5) is 0 Å². The molecule has 0 saturated heterocycles. The van der Waals surface area contributed by atoms with Crippen molar-refractivity contribution >= 4 is 17.4 Å². The Hall–Kier alpha value is -1.28. The summed E-state index contributed by atoms with van der Waals surface area (Å²) in [7, 11) is 1.65. The normalized spacial score (nSPS) is 16.1. The first-order valence-electron chi connectivity index (χ1n) is 6.24. The van der Waals surface area contributed by atoms with E-state index in [1.54, 1.807) is 13.2 Å². The van der Waals surface area contributed by atoms with E-state index in [4.69, 9.17) is 16.3 Å². The Morgan fingerprint density at radius 2 is 2.06 bits per heavy atom. The fourth-order valence-corrected chi connectivity index (χ4v) is 2.49. The van der Waals surface area contributed by atoms with Gasteiger partial charge in [-0.3, -0.25) is 4.79 Å². The third-order valence-electron chi connectivity index (χ3n) is 3.20. The van der Waals surface area contributed by atoms with Gasteiger partial charge in [0.25, 0.3) is 0 Å². The number of allylic oxidation sites excluding steroid dienone is 2. The lowest BCUT2D eigenvalue weighted by atomic mass is 10.0. The molecular weight excluding hydrogens is 248 g/mol. The van der Waals surface area contributed by atoms with Gasteiger partial charge in [-0.15, -0.1) is 0 Å². The molecule has 0 radical (unpaired) electrons. The maximum atomic E-state index is 11.6. The van der Waals surface area contributed by atoms with E-state index >= 15 is 0 Å². The van der Waals surface area contributed by atoms with Crippen molar-refractivity contribution in [2.45, 2.75) is 32.1 Å². The van der Waals surface area contributed by atoms with Crippen molar-refractivity contribution in [1.82, 2.24) is 0 Å². The van der Waals surface area contributed by atoms with Crippen LogP contribution in [0.5, 0.6) is 5.75 Å². The van der Waals surface area contributed by atoms with Crippen LogP contribution in [0.2, 0.25) is 5.02 Å². The summed E-state index contributed by atoms with van der Waals surface area (Å²) in [5.74, 6) is 1.07. The first-order chi connectivity index (χ1) is 8.69. The fraction of sp³-hybridized carbons (Fsp3) is 0.400. The van der Waals surface area contributed by atoms with Gasteiger partial charge >= 0.3 is 0 Å². The van der Waals surface area contributed by atoms with E-state index in [0.717, 1.165) is 37.0 Å². The summed E-state index contributed by atoms with van der Waals surface area (Å²) in [4.78, 5) is 11.6. The summed E-state index contributed by atoms with van der Waals surface area (Å²) >= 11 is 6.01. The molecule has 96 valence electrons. The fourth-order valence-electron chi connectivity index (χ4n) is 2.29. The molecule has 0 spiro atoms. The van der Waals surface area contributed by atoms with Gasteiger partial charge in [0, 0.05) is 11.4 Å². The highest BCUT2D eigenvalue weighted by Crippen LogP contribution is 2.27. The van der Waals surface area contributed by atoms with Crippen molar-refractivity contribution in [2.75, 3.05) is 7.11 Å². The molecule has 18 heavy (non-hydrogen) atoms. The Bertz CT molecular complexity index is 477. The number of hydrogen-bond acceptors (Lipinski definition) is 2. The first-order valence-corrected chi connectivity index (χ1v) is 6.61. The van der Waals surface area contributed by atoms with E-state index < -0.39 is 0 Å². The summed E-state index contributed by atoms with van der Waals surface area (Å²) in [6.45, 7) is 0. The highest BCUT2D eigenvalue weighted by atomic mass is 35.5. The molecular formula is C15H17ClO2. The van der Waals surface area contributed by atoms with Gasteiger partial charge in [-0.25, -0.2) is 0 Å². The second kappa shape index (κ2) is 6.05. The number of ketones is 1. The molecule has 1 aliphatic rings. The molecule has 0 N–H and O–H groups in total. The minimum absolute atomic E-state index is 0.239. The lowest BCUT2D eigenvalue weighted by Crippen LogP contribution is -1.97.